The van der Waals surface area contributed by atoms with Gasteiger partial charge >= 0.3 is 0 Å². The number of carbonyl (C=O) groups is 1. The second-order valence-electron chi connectivity index (χ2n) is 5.59. The van der Waals surface area contributed by atoms with Gasteiger partial charge in [-0.15, -0.1) is 0 Å². The maximum Gasteiger partial charge on any atom is 0.260 e. The predicted molar refractivity (Wildman–Crippen MR) is 86.9 cm³/mol. The molecular formula is C16H25ClN2O2. The molecule has 4 nitrogen and oxygen atoms in total. The lowest BCUT2D eigenvalue weighted by Gasteiger charge is -2.20. The van der Waals surface area contributed by atoms with Gasteiger partial charge in [0.2, 0.25) is 0 Å². The molecular weight excluding hydrogens is 288 g/mol. The zero-order valence-corrected chi connectivity index (χ0v) is 14.1. The maximum atomic E-state index is 12.0. The molecule has 21 heavy (non-hydrogen) atoms. The van der Waals surface area contributed by atoms with Gasteiger partial charge in [0.05, 0.1) is 0 Å². The van der Waals surface area contributed by atoms with E-state index in [2.05, 4.69) is 24.5 Å². The third-order valence-electron chi connectivity index (χ3n) is 3.23. The van der Waals surface area contributed by atoms with Crippen molar-refractivity contribution >= 4 is 17.5 Å². The largest absolute Gasteiger partial charge is 0.481 e. The molecule has 2 N–H and O–H groups in total. The Hall–Kier alpha value is -1.26. The Kier molecular flexibility index (Phi) is 6.99. The van der Waals surface area contributed by atoms with Crippen LogP contribution in [0.5, 0.6) is 5.75 Å². The molecule has 1 aromatic rings. The summed E-state index contributed by atoms with van der Waals surface area (Å²) in [6.45, 7) is 8.52. The summed E-state index contributed by atoms with van der Waals surface area (Å²) in [5.41, 5.74) is 0.938. The number of carbonyl (C=O) groups excluding carboxylic acids is 1. The van der Waals surface area contributed by atoms with Crippen LogP contribution in [0.2, 0.25) is 5.02 Å². The number of benzene rings is 1. The third kappa shape index (κ3) is 5.56. The van der Waals surface area contributed by atoms with E-state index in [1.165, 1.54) is 0 Å². The molecule has 118 valence electrons. The molecule has 0 saturated heterocycles. The van der Waals surface area contributed by atoms with Crippen LogP contribution in [0.25, 0.3) is 0 Å². The normalized spacial score (nSPS) is 13.9. The van der Waals surface area contributed by atoms with Crippen molar-refractivity contribution in [3.8, 4) is 5.75 Å². The van der Waals surface area contributed by atoms with Crippen molar-refractivity contribution in [1.29, 1.82) is 0 Å². The molecule has 0 radical (unpaired) electrons. The van der Waals surface area contributed by atoms with Crippen LogP contribution in [0.3, 0.4) is 0 Å². The van der Waals surface area contributed by atoms with Gasteiger partial charge in [-0.25, -0.2) is 0 Å². The molecule has 0 aromatic heterocycles. The van der Waals surface area contributed by atoms with Crippen molar-refractivity contribution in [2.75, 3.05) is 13.6 Å². The second kappa shape index (κ2) is 8.25. The molecule has 0 bridgehead atoms. The van der Waals surface area contributed by atoms with Crippen LogP contribution in [0.15, 0.2) is 18.2 Å². The smallest absolute Gasteiger partial charge is 0.260 e. The van der Waals surface area contributed by atoms with Crippen LogP contribution < -0.4 is 15.4 Å². The Morgan fingerprint density at radius 3 is 2.52 bits per heavy atom. The van der Waals surface area contributed by atoms with Crippen LogP contribution in [-0.2, 0) is 4.79 Å². The van der Waals surface area contributed by atoms with E-state index in [0.717, 1.165) is 5.56 Å². The molecule has 0 saturated carbocycles. The van der Waals surface area contributed by atoms with Gasteiger partial charge in [0.1, 0.15) is 5.75 Å². The van der Waals surface area contributed by atoms with Gasteiger partial charge in [-0.2, -0.15) is 0 Å². The van der Waals surface area contributed by atoms with Gasteiger partial charge in [-0.3, -0.25) is 4.79 Å². The van der Waals surface area contributed by atoms with Crippen LogP contribution in [0, 0.1) is 5.92 Å². The van der Waals surface area contributed by atoms with Crippen LogP contribution in [0.4, 0.5) is 0 Å². The number of ether oxygens (including phenoxy) is 1. The van der Waals surface area contributed by atoms with E-state index in [9.17, 15) is 4.79 Å². The maximum absolute atomic E-state index is 12.0. The summed E-state index contributed by atoms with van der Waals surface area (Å²) in [6.07, 6.45) is -0.548. The highest BCUT2D eigenvalue weighted by Gasteiger charge is 2.18. The molecule has 1 amide bonds. The topological polar surface area (TPSA) is 50.4 Å². The lowest BCUT2D eigenvalue weighted by Crippen LogP contribution is -2.38. The summed E-state index contributed by atoms with van der Waals surface area (Å²) in [7, 11) is 1.87. The monoisotopic (exact) mass is 312 g/mol. The lowest BCUT2D eigenvalue weighted by atomic mass is 10.1. The number of hydrogen-bond acceptors (Lipinski definition) is 3. The highest BCUT2D eigenvalue weighted by atomic mass is 35.5. The van der Waals surface area contributed by atoms with Gasteiger partial charge in [0, 0.05) is 23.2 Å². The van der Waals surface area contributed by atoms with Crippen molar-refractivity contribution in [3.63, 3.8) is 0 Å². The molecule has 1 aromatic carbocycles. The second-order valence-corrected chi connectivity index (χ2v) is 6.03. The Labute approximate surface area is 132 Å². The summed E-state index contributed by atoms with van der Waals surface area (Å²) in [5, 5.41) is 6.67. The van der Waals surface area contributed by atoms with Gasteiger partial charge in [0.15, 0.2) is 6.10 Å². The SMILES string of the molecule is CNC(C)c1cc(Cl)ccc1OC(C)C(=O)NCC(C)C. The Bertz CT molecular complexity index is 477. The first-order valence-corrected chi connectivity index (χ1v) is 7.64. The highest BCUT2D eigenvalue weighted by molar-refractivity contribution is 6.30. The molecule has 1 rings (SSSR count). The molecule has 0 spiro atoms. The van der Waals surface area contributed by atoms with E-state index >= 15 is 0 Å². The van der Waals surface area contributed by atoms with E-state index in [0.29, 0.717) is 23.2 Å². The number of hydrogen-bond donors (Lipinski definition) is 2. The quantitative estimate of drug-likeness (QED) is 0.813. The van der Waals surface area contributed by atoms with Crippen molar-refractivity contribution in [1.82, 2.24) is 10.6 Å². The predicted octanol–water partition coefficient (Wildman–Crippen LogP) is 3.16. The first kappa shape index (κ1) is 17.8. The fourth-order valence-electron chi connectivity index (χ4n) is 1.81. The fourth-order valence-corrected chi connectivity index (χ4v) is 1.99. The lowest BCUT2D eigenvalue weighted by molar-refractivity contribution is -0.127. The fraction of sp³-hybridized carbons (Fsp3) is 0.562. The molecule has 0 heterocycles. The van der Waals surface area contributed by atoms with E-state index in [1.54, 1.807) is 19.1 Å². The van der Waals surface area contributed by atoms with Crippen LogP contribution in [0.1, 0.15) is 39.3 Å². The van der Waals surface area contributed by atoms with Gasteiger partial charge < -0.3 is 15.4 Å². The summed E-state index contributed by atoms with van der Waals surface area (Å²) < 4.78 is 5.81. The van der Waals surface area contributed by atoms with Crippen molar-refractivity contribution in [2.45, 2.75) is 39.8 Å². The van der Waals surface area contributed by atoms with E-state index in [-0.39, 0.29) is 11.9 Å². The van der Waals surface area contributed by atoms with Crippen LogP contribution >= 0.6 is 11.6 Å². The van der Waals surface area contributed by atoms with E-state index < -0.39 is 6.10 Å². The minimum atomic E-state index is -0.548. The molecule has 0 aliphatic carbocycles. The first-order chi connectivity index (χ1) is 9.85. The molecule has 0 fully saturated rings. The van der Waals surface area contributed by atoms with E-state index in [4.69, 9.17) is 16.3 Å². The average Bonchev–Trinajstić information content (AvgIpc) is 2.45. The van der Waals surface area contributed by atoms with E-state index in [1.807, 2.05) is 20.0 Å². The Balaban J connectivity index is 2.79. The molecule has 2 unspecified atom stereocenters. The van der Waals surface area contributed by atoms with Crippen molar-refractivity contribution in [2.24, 2.45) is 5.92 Å². The van der Waals surface area contributed by atoms with Crippen molar-refractivity contribution in [3.05, 3.63) is 28.8 Å². The van der Waals surface area contributed by atoms with Crippen LogP contribution in [-0.4, -0.2) is 25.6 Å². The number of rotatable bonds is 7. The van der Waals surface area contributed by atoms with Gasteiger partial charge in [0.25, 0.3) is 5.91 Å². The zero-order chi connectivity index (χ0) is 16.0. The average molecular weight is 313 g/mol. The van der Waals surface area contributed by atoms with Crippen molar-refractivity contribution < 1.29 is 9.53 Å². The summed E-state index contributed by atoms with van der Waals surface area (Å²) in [5.74, 6) is 0.978. The minimum Gasteiger partial charge on any atom is -0.481 e. The van der Waals surface area contributed by atoms with Gasteiger partial charge in [-0.1, -0.05) is 25.4 Å². The third-order valence-corrected chi connectivity index (χ3v) is 3.46. The minimum absolute atomic E-state index is 0.0876. The zero-order valence-electron chi connectivity index (χ0n) is 13.4. The summed E-state index contributed by atoms with van der Waals surface area (Å²) >= 11 is 6.04. The Morgan fingerprint density at radius 1 is 1.29 bits per heavy atom. The van der Waals surface area contributed by atoms with Gasteiger partial charge in [-0.05, 0) is 45.0 Å². The summed E-state index contributed by atoms with van der Waals surface area (Å²) in [4.78, 5) is 12.0. The first-order valence-electron chi connectivity index (χ1n) is 7.26. The number of nitrogens with one attached hydrogen (secondary N) is 2. The summed E-state index contributed by atoms with van der Waals surface area (Å²) in [6, 6.07) is 5.51. The molecule has 2 atom stereocenters. The molecule has 5 heteroatoms. The molecule has 0 aliphatic heterocycles. The molecule has 0 aliphatic rings. The Morgan fingerprint density at radius 2 is 1.95 bits per heavy atom. The highest BCUT2D eigenvalue weighted by Crippen LogP contribution is 2.29. The number of amides is 1. The number of halogens is 1. The standard InChI is InChI=1S/C16H25ClN2O2/c1-10(2)9-19-16(20)12(4)21-15-7-6-13(17)8-14(15)11(3)18-5/h6-8,10-12,18H,9H2,1-5H3,(H,19,20).